The van der Waals surface area contributed by atoms with Gasteiger partial charge in [-0.05, 0) is 48.9 Å². The molecular weight excluding hydrogens is 360 g/mol. The molecule has 1 heterocycles. The molecule has 2 N–H and O–H groups in total. The molecule has 0 aliphatic carbocycles. The highest BCUT2D eigenvalue weighted by molar-refractivity contribution is 5.79. The summed E-state index contributed by atoms with van der Waals surface area (Å²) in [4.78, 5) is 6.94. The van der Waals surface area contributed by atoms with E-state index in [0.717, 1.165) is 63.6 Å². The van der Waals surface area contributed by atoms with Crippen LogP contribution in [0.25, 0.3) is 0 Å². The second-order valence-corrected chi connectivity index (χ2v) is 7.63. The molecule has 0 atom stereocenters. The van der Waals surface area contributed by atoms with Gasteiger partial charge in [0.15, 0.2) is 5.96 Å². The predicted octanol–water partition coefficient (Wildman–Crippen LogP) is 3.46. The Kier molecular flexibility index (Phi) is 8.38. The molecule has 0 amide bonds. The molecule has 156 valence electrons. The Bertz CT molecular complexity index is 754. The maximum Gasteiger partial charge on any atom is 0.191 e. The summed E-state index contributed by atoms with van der Waals surface area (Å²) in [5.41, 5.74) is 2.70. The summed E-state index contributed by atoms with van der Waals surface area (Å²) in [6.45, 7) is 4.20. The van der Waals surface area contributed by atoms with Crippen molar-refractivity contribution in [2.75, 3.05) is 33.8 Å². The first-order chi connectivity index (χ1) is 14.3. The summed E-state index contributed by atoms with van der Waals surface area (Å²) in [5.74, 6) is 1.84. The number of rotatable bonds is 8. The molecule has 0 aromatic heterocycles. The summed E-state index contributed by atoms with van der Waals surface area (Å²) in [5, 5.41) is 7.06. The molecule has 2 aromatic carbocycles. The average Bonchev–Trinajstić information content (AvgIpc) is 2.78. The third-order valence-electron chi connectivity index (χ3n) is 5.47. The number of aliphatic imine (C=N–C) groups is 1. The van der Waals surface area contributed by atoms with E-state index >= 15 is 0 Å². The van der Waals surface area contributed by atoms with Gasteiger partial charge in [0, 0.05) is 39.3 Å². The van der Waals surface area contributed by atoms with Gasteiger partial charge in [-0.2, -0.15) is 0 Å². The van der Waals surface area contributed by atoms with Gasteiger partial charge in [-0.15, -0.1) is 0 Å². The van der Waals surface area contributed by atoms with Crippen molar-refractivity contribution in [2.45, 2.75) is 38.3 Å². The highest BCUT2D eigenvalue weighted by Crippen LogP contribution is 2.15. The lowest BCUT2D eigenvalue weighted by molar-refractivity contribution is 0.198. The number of nitrogens with one attached hydrogen (secondary N) is 2. The molecule has 3 rings (SSSR count). The van der Waals surface area contributed by atoms with E-state index in [1.54, 1.807) is 7.11 Å². The largest absolute Gasteiger partial charge is 0.497 e. The molecule has 1 saturated heterocycles. The molecule has 0 unspecified atom stereocenters. The van der Waals surface area contributed by atoms with Crippen LogP contribution in [0.15, 0.2) is 59.6 Å². The smallest absolute Gasteiger partial charge is 0.191 e. The van der Waals surface area contributed by atoms with Crippen LogP contribution in [-0.2, 0) is 13.0 Å². The highest BCUT2D eigenvalue weighted by atomic mass is 16.5. The van der Waals surface area contributed by atoms with Crippen LogP contribution in [0.4, 0.5) is 0 Å². The summed E-state index contributed by atoms with van der Waals surface area (Å²) >= 11 is 0. The summed E-state index contributed by atoms with van der Waals surface area (Å²) < 4.78 is 5.29. The van der Waals surface area contributed by atoms with E-state index in [4.69, 9.17) is 4.74 Å². The van der Waals surface area contributed by atoms with Crippen molar-refractivity contribution in [2.24, 2.45) is 4.99 Å². The number of guanidine groups is 1. The van der Waals surface area contributed by atoms with E-state index in [1.165, 1.54) is 11.1 Å². The normalized spacial score (nSPS) is 15.9. The van der Waals surface area contributed by atoms with Gasteiger partial charge in [-0.3, -0.25) is 9.89 Å². The number of hydrogen-bond donors (Lipinski definition) is 2. The minimum atomic E-state index is 0.492. The van der Waals surface area contributed by atoms with Crippen LogP contribution in [-0.4, -0.2) is 50.7 Å². The molecule has 5 heteroatoms. The second-order valence-electron chi connectivity index (χ2n) is 7.63. The first-order valence-corrected chi connectivity index (χ1v) is 10.6. The molecule has 29 heavy (non-hydrogen) atoms. The number of piperidine rings is 1. The Labute approximate surface area is 175 Å². The molecule has 2 aromatic rings. The van der Waals surface area contributed by atoms with Gasteiger partial charge in [0.2, 0.25) is 0 Å². The average molecular weight is 395 g/mol. The van der Waals surface area contributed by atoms with Crippen molar-refractivity contribution in [3.8, 4) is 5.75 Å². The lowest BCUT2D eigenvalue weighted by atomic mass is 10.0. The number of nitrogens with zero attached hydrogens (tertiary/aromatic N) is 2. The van der Waals surface area contributed by atoms with Crippen LogP contribution < -0.4 is 15.4 Å². The summed E-state index contributed by atoms with van der Waals surface area (Å²) in [7, 11) is 3.56. The zero-order valence-electron chi connectivity index (χ0n) is 17.7. The van der Waals surface area contributed by atoms with E-state index in [9.17, 15) is 0 Å². The Balaban J connectivity index is 1.34. The van der Waals surface area contributed by atoms with Crippen molar-refractivity contribution < 1.29 is 4.74 Å². The third-order valence-corrected chi connectivity index (χ3v) is 5.47. The fraction of sp³-hybridized carbons (Fsp3) is 0.458. The Morgan fingerprint density at radius 1 is 1.07 bits per heavy atom. The molecule has 5 nitrogen and oxygen atoms in total. The number of ether oxygens (including phenoxy) is 1. The third kappa shape index (κ3) is 7.09. The number of aryl methyl sites for hydroxylation is 1. The Morgan fingerprint density at radius 3 is 2.55 bits per heavy atom. The number of methoxy groups -OCH3 is 1. The van der Waals surface area contributed by atoms with Gasteiger partial charge >= 0.3 is 0 Å². The topological polar surface area (TPSA) is 48.9 Å². The minimum Gasteiger partial charge on any atom is -0.497 e. The SMILES string of the molecule is CN=C(NCCCc1cccc(OC)c1)NC1CCN(Cc2ccccc2)CC1. The van der Waals surface area contributed by atoms with Crippen molar-refractivity contribution in [3.63, 3.8) is 0 Å². The summed E-state index contributed by atoms with van der Waals surface area (Å²) in [6.07, 6.45) is 4.39. The first kappa shape index (κ1) is 21.2. The first-order valence-electron chi connectivity index (χ1n) is 10.6. The number of likely N-dealkylation sites (tertiary alicyclic amines) is 1. The fourth-order valence-corrected chi connectivity index (χ4v) is 3.79. The van der Waals surface area contributed by atoms with Crippen molar-refractivity contribution >= 4 is 5.96 Å². The van der Waals surface area contributed by atoms with Gasteiger partial charge in [-0.1, -0.05) is 42.5 Å². The van der Waals surface area contributed by atoms with Gasteiger partial charge in [-0.25, -0.2) is 0 Å². The lowest BCUT2D eigenvalue weighted by Gasteiger charge is -2.33. The standard InChI is InChI=1S/C24H34N4O/c1-25-24(26-15-7-11-20-10-6-12-23(18-20)29-2)27-22-13-16-28(17-14-22)19-21-8-4-3-5-9-21/h3-6,8-10,12,18,22H,7,11,13-17,19H2,1-2H3,(H2,25,26,27). The Hall–Kier alpha value is -2.53. The van der Waals surface area contributed by atoms with Crippen LogP contribution in [0.3, 0.4) is 0 Å². The van der Waals surface area contributed by atoms with Crippen LogP contribution >= 0.6 is 0 Å². The molecular formula is C24H34N4O. The Morgan fingerprint density at radius 2 is 1.83 bits per heavy atom. The van der Waals surface area contributed by atoms with E-state index in [-0.39, 0.29) is 0 Å². The lowest BCUT2D eigenvalue weighted by Crippen LogP contribution is -2.48. The molecule has 1 fully saturated rings. The highest BCUT2D eigenvalue weighted by Gasteiger charge is 2.19. The zero-order chi connectivity index (χ0) is 20.3. The van der Waals surface area contributed by atoms with Gasteiger partial charge < -0.3 is 15.4 Å². The monoisotopic (exact) mass is 394 g/mol. The van der Waals surface area contributed by atoms with Crippen LogP contribution in [0, 0.1) is 0 Å². The number of benzene rings is 2. The van der Waals surface area contributed by atoms with Crippen LogP contribution in [0.2, 0.25) is 0 Å². The predicted molar refractivity (Wildman–Crippen MR) is 121 cm³/mol. The van der Waals surface area contributed by atoms with E-state index < -0.39 is 0 Å². The number of hydrogen-bond acceptors (Lipinski definition) is 3. The van der Waals surface area contributed by atoms with Gasteiger partial charge in [0.05, 0.1) is 7.11 Å². The summed E-state index contributed by atoms with van der Waals surface area (Å²) in [6, 6.07) is 19.5. The molecule has 0 bridgehead atoms. The minimum absolute atomic E-state index is 0.492. The molecule has 0 saturated carbocycles. The van der Waals surface area contributed by atoms with Crippen molar-refractivity contribution in [1.29, 1.82) is 0 Å². The maximum atomic E-state index is 5.29. The zero-order valence-corrected chi connectivity index (χ0v) is 17.7. The second kappa shape index (κ2) is 11.5. The quantitative estimate of drug-likeness (QED) is 0.409. The molecule has 0 radical (unpaired) electrons. The van der Waals surface area contributed by atoms with Gasteiger partial charge in [0.25, 0.3) is 0 Å². The van der Waals surface area contributed by atoms with E-state index in [2.05, 4.69) is 63.0 Å². The fourth-order valence-electron chi connectivity index (χ4n) is 3.79. The maximum absolute atomic E-state index is 5.29. The van der Waals surface area contributed by atoms with E-state index in [1.807, 2.05) is 19.2 Å². The van der Waals surface area contributed by atoms with Crippen LogP contribution in [0.5, 0.6) is 5.75 Å². The van der Waals surface area contributed by atoms with Gasteiger partial charge in [0.1, 0.15) is 5.75 Å². The molecule has 1 aliphatic heterocycles. The van der Waals surface area contributed by atoms with Crippen molar-refractivity contribution in [3.05, 3.63) is 65.7 Å². The van der Waals surface area contributed by atoms with Crippen molar-refractivity contribution in [1.82, 2.24) is 15.5 Å². The van der Waals surface area contributed by atoms with Crippen LogP contribution in [0.1, 0.15) is 30.4 Å². The molecule has 1 aliphatic rings. The van der Waals surface area contributed by atoms with E-state index in [0.29, 0.717) is 6.04 Å². The molecule has 0 spiro atoms.